The molecule has 2 heterocycles. The molecule has 0 saturated heterocycles. The smallest absolute Gasteiger partial charge is 0.433 e. The van der Waals surface area contributed by atoms with Crippen LogP contribution in [0.3, 0.4) is 0 Å². The zero-order valence-corrected chi connectivity index (χ0v) is 10.6. The summed E-state index contributed by atoms with van der Waals surface area (Å²) in [4.78, 5) is 7.49. The monoisotopic (exact) mass is 283 g/mol. The van der Waals surface area contributed by atoms with Gasteiger partial charge in [0.05, 0.1) is 19.0 Å². The first kappa shape index (κ1) is 14.3. The van der Waals surface area contributed by atoms with E-state index in [-0.39, 0.29) is 6.54 Å². The fourth-order valence-electron chi connectivity index (χ4n) is 1.71. The predicted octanol–water partition coefficient (Wildman–Crippen LogP) is 2.63. The lowest BCUT2D eigenvalue weighted by Crippen LogP contribution is -2.07. The van der Waals surface area contributed by atoms with Crippen molar-refractivity contribution in [2.45, 2.75) is 12.7 Å². The molecular formula is C13H12F3N3O. The molecule has 2 rings (SSSR count). The largest absolute Gasteiger partial charge is 0.494 e. The van der Waals surface area contributed by atoms with Crippen LogP contribution in [-0.2, 0) is 12.7 Å². The molecule has 106 valence electrons. The molecule has 7 heteroatoms. The lowest BCUT2D eigenvalue weighted by Gasteiger charge is -2.11. The van der Waals surface area contributed by atoms with Gasteiger partial charge >= 0.3 is 6.18 Å². The van der Waals surface area contributed by atoms with Crippen molar-refractivity contribution in [3.05, 3.63) is 42.0 Å². The molecule has 0 fully saturated rings. The first-order chi connectivity index (χ1) is 9.45. The van der Waals surface area contributed by atoms with Gasteiger partial charge in [-0.2, -0.15) is 13.2 Å². The molecule has 2 N–H and O–H groups in total. The van der Waals surface area contributed by atoms with Gasteiger partial charge in [-0.15, -0.1) is 0 Å². The Morgan fingerprint density at radius 1 is 1.20 bits per heavy atom. The van der Waals surface area contributed by atoms with Crippen molar-refractivity contribution in [1.29, 1.82) is 0 Å². The molecule has 0 bridgehead atoms. The van der Waals surface area contributed by atoms with Crippen LogP contribution in [0.25, 0.3) is 11.1 Å². The Morgan fingerprint density at radius 2 is 1.95 bits per heavy atom. The first-order valence-corrected chi connectivity index (χ1v) is 5.72. The lowest BCUT2D eigenvalue weighted by atomic mass is 10.1. The topological polar surface area (TPSA) is 61.0 Å². The van der Waals surface area contributed by atoms with Crippen LogP contribution in [0.15, 0.2) is 30.6 Å². The van der Waals surface area contributed by atoms with Gasteiger partial charge in [-0.1, -0.05) is 6.07 Å². The van der Waals surface area contributed by atoms with Crippen LogP contribution in [0.5, 0.6) is 5.75 Å². The summed E-state index contributed by atoms with van der Waals surface area (Å²) < 4.78 is 42.6. The second-order valence-electron chi connectivity index (χ2n) is 4.01. The Kier molecular flexibility index (Phi) is 3.89. The van der Waals surface area contributed by atoms with Crippen LogP contribution in [0.4, 0.5) is 13.2 Å². The minimum absolute atomic E-state index is 0.227. The van der Waals surface area contributed by atoms with Crippen molar-refractivity contribution < 1.29 is 17.9 Å². The number of hydrogen-bond acceptors (Lipinski definition) is 4. The van der Waals surface area contributed by atoms with E-state index in [4.69, 9.17) is 10.5 Å². The third-order valence-corrected chi connectivity index (χ3v) is 2.72. The summed E-state index contributed by atoms with van der Waals surface area (Å²) in [5.41, 5.74) is 6.28. The Balaban J connectivity index is 2.45. The number of hydrogen-bond donors (Lipinski definition) is 1. The van der Waals surface area contributed by atoms with Crippen molar-refractivity contribution in [3.8, 4) is 16.9 Å². The highest BCUT2D eigenvalue weighted by atomic mass is 19.4. The summed E-state index contributed by atoms with van der Waals surface area (Å²) in [7, 11) is 1.46. The molecule has 0 saturated carbocycles. The maximum absolute atomic E-state index is 12.5. The summed E-state index contributed by atoms with van der Waals surface area (Å²) in [5.74, 6) is 0.448. The van der Waals surface area contributed by atoms with E-state index in [0.717, 1.165) is 12.3 Å². The van der Waals surface area contributed by atoms with Crippen LogP contribution >= 0.6 is 0 Å². The third-order valence-electron chi connectivity index (χ3n) is 2.72. The fraction of sp³-hybridized carbons (Fsp3) is 0.231. The number of alkyl halides is 3. The number of rotatable bonds is 3. The Hall–Kier alpha value is -2.15. The van der Waals surface area contributed by atoms with Gasteiger partial charge in [0.25, 0.3) is 0 Å². The van der Waals surface area contributed by atoms with Gasteiger partial charge in [-0.05, 0) is 12.1 Å². The van der Waals surface area contributed by atoms with Gasteiger partial charge < -0.3 is 10.5 Å². The van der Waals surface area contributed by atoms with Gasteiger partial charge in [0.15, 0.2) is 0 Å². The summed E-state index contributed by atoms with van der Waals surface area (Å²) in [6, 6.07) is 3.94. The minimum Gasteiger partial charge on any atom is -0.494 e. The van der Waals surface area contributed by atoms with Crippen molar-refractivity contribution in [2.75, 3.05) is 7.11 Å². The first-order valence-electron chi connectivity index (χ1n) is 5.72. The number of methoxy groups -OCH3 is 1. The number of ether oxygens (including phenoxy) is 1. The maximum Gasteiger partial charge on any atom is 0.433 e. The molecule has 2 aromatic rings. The van der Waals surface area contributed by atoms with Gasteiger partial charge in [-0.25, -0.2) is 0 Å². The van der Waals surface area contributed by atoms with E-state index in [9.17, 15) is 13.2 Å². The molecule has 0 radical (unpaired) electrons. The van der Waals surface area contributed by atoms with Crippen LogP contribution < -0.4 is 10.5 Å². The van der Waals surface area contributed by atoms with E-state index in [0.29, 0.717) is 22.6 Å². The van der Waals surface area contributed by atoms with E-state index >= 15 is 0 Å². The summed E-state index contributed by atoms with van der Waals surface area (Å²) in [6.07, 6.45) is -1.82. The Morgan fingerprint density at radius 3 is 2.45 bits per heavy atom. The highest BCUT2D eigenvalue weighted by Crippen LogP contribution is 2.32. The SMILES string of the molecule is COc1cnc(CN)cc1-c1ccc(C(F)(F)F)nc1. The number of halogens is 3. The third kappa shape index (κ3) is 2.88. The highest BCUT2D eigenvalue weighted by Gasteiger charge is 2.32. The fourth-order valence-corrected chi connectivity index (χ4v) is 1.71. The number of aromatic nitrogens is 2. The average molecular weight is 283 g/mol. The molecule has 2 aromatic heterocycles. The molecule has 0 spiro atoms. The summed E-state index contributed by atoms with van der Waals surface area (Å²) >= 11 is 0. The highest BCUT2D eigenvalue weighted by molar-refractivity contribution is 5.69. The zero-order chi connectivity index (χ0) is 14.8. The standard InChI is InChI=1S/C13H12F3N3O/c1-20-11-7-18-9(5-17)4-10(11)8-2-3-12(19-6-8)13(14,15)16/h2-4,6-7H,5,17H2,1H3. The van der Waals surface area contributed by atoms with E-state index in [2.05, 4.69) is 9.97 Å². The van der Waals surface area contributed by atoms with Crippen molar-refractivity contribution in [1.82, 2.24) is 9.97 Å². The van der Waals surface area contributed by atoms with Gasteiger partial charge in [0.1, 0.15) is 11.4 Å². The van der Waals surface area contributed by atoms with Crippen LogP contribution in [0.1, 0.15) is 11.4 Å². The van der Waals surface area contributed by atoms with E-state index in [1.807, 2.05) is 0 Å². The maximum atomic E-state index is 12.5. The molecule has 0 aliphatic carbocycles. The second-order valence-corrected chi connectivity index (χ2v) is 4.01. The van der Waals surface area contributed by atoms with Crippen LogP contribution in [-0.4, -0.2) is 17.1 Å². The van der Waals surface area contributed by atoms with Gasteiger partial charge in [0.2, 0.25) is 0 Å². The van der Waals surface area contributed by atoms with Crippen LogP contribution in [0, 0.1) is 0 Å². The lowest BCUT2D eigenvalue weighted by molar-refractivity contribution is -0.141. The molecule has 0 atom stereocenters. The zero-order valence-electron chi connectivity index (χ0n) is 10.6. The predicted molar refractivity (Wildman–Crippen MR) is 66.9 cm³/mol. The van der Waals surface area contributed by atoms with E-state index in [1.54, 1.807) is 6.07 Å². The molecular weight excluding hydrogens is 271 g/mol. The second kappa shape index (κ2) is 5.46. The minimum atomic E-state index is -4.46. The number of pyridine rings is 2. The molecule has 0 aromatic carbocycles. The molecule has 0 amide bonds. The van der Waals surface area contributed by atoms with Crippen molar-refractivity contribution in [3.63, 3.8) is 0 Å². The Labute approximate surface area is 113 Å². The van der Waals surface area contributed by atoms with Crippen LogP contribution in [0.2, 0.25) is 0 Å². The van der Waals surface area contributed by atoms with Crippen molar-refractivity contribution in [2.24, 2.45) is 5.73 Å². The average Bonchev–Trinajstić information content (AvgIpc) is 2.45. The number of nitrogens with two attached hydrogens (primary N) is 1. The molecule has 0 aliphatic rings. The van der Waals surface area contributed by atoms with Gasteiger partial charge in [0, 0.05) is 23.9 Å². The molecule has 0 unspecified atom stereocenters. The normalized spacial score (nSPS) is 11.4. The summed E-state index contributed by atoms with van der Waals surface area (Å²) in [5, 5.41) is 0. The Bertz CT molecular complexity index is 597. The molecule has 20 heavy (non-hydrogen) atoms. The quantitative estimate of drug-likeness (QED) is 0.940. The van der Waals surface area contributed by atoms with Gasteiger partial charge in [-0.3, -0.25) is 9.97 Å². The molecule has 0 aliphatic heterocycles. The number of nitrogens with zero attached hydrogens (tertiary/aromatic N) is 2. The van der Waals surface area contributed by atoms with E-state index < -0.39 is 11.9 Å². The summed E-state index contributed by atoms with van der Waals surface area (Å²) in [6.45, 7) is 0.227. The molecule has 4 nitrogen and oxygen atoms in total. The van der Waals surface area contributed by atoms with E-state index in [1.165, 1.54) is 19.4 Å². The van der Waals surface area contributed by atoms with Crippen molar-refractivity contribution >= 4 is 0 Å².